The molecule has 0 rings (SSSR count). The average Bonchev–Trinajstić information content (AvgIpc) is 1.00. The summed E-state index contributed by atoms with van der Waals surface area (Å²) in [6.07, 6.45) is 0. The Morgan fingerprint density at radius 3 is 0.667 bits per heavy atom. The first-order valence-corrected chi connectivity index (χ1v) is 0.986. The van der Waals surface area contributed by atoms with Crippen molar-refractivity contribution in [3.8, 4) is 0 Å². The third-order valence-electron chi connectivity index (χ3n) is 0. The van der Waals surface area contributed by atoms with Gasteiger partial charge in [-0.3, -0.25) is 18.8 Å². The molecule has 44 valence electrons. The molecule has 0 aliphatic rings. The number of rotatable bonds is 0. The van der Waals surface area contributed by atoms with Crippen molar-refractivity contribution in [2.45, 2.75) is 0 Å². The van der Waals surface area contributed by atoms with Crippen LogP contribution >= 0.6 is 0 Å². The minimum absolute atomic E-state index is 0. The predicted molar refractivity (Wildman–Crippen MR) is 10.7 cm³/mol. The fourth-order valence-electron chi connectivity index (χ4n) is 0. The van der Waals surface area contributed by atoms with Gasteiger partial charge in [-0.05, 0) is 0 Å². The van der Waals surface area contributed by atoms with Gasteiger partial charge in [0.25, 0.3) is 0 Å². The third kappa shape index (κ3) is 998. The van der Waals surface area contributed by atoms with Crippen molar-refractivity contribution in [2.24, 2.45) is 0 Å². The van der Waals surface area contributed by atoms with Crippen molar-refractivity contribution in [3.63, 3.8) is 0 Å². The van der Waals surface area contributed by atoms with Gasteiger partial charge < -0.3 is 0 Å². The number of hydrogen-bond acceptors (Lipinski definition) is 1. The van der Waals surface area contributed by atoms with Crippen LogP contribution in [0.2, 0.25) is 0 Å². The molecule has 0 aliphatic carbocycles. The summed E-state index contributed by atoms with van der Waals surface area (Å²) in [7, 11) is 0. The van der Waals surface area contributed by atoms with Crippen LogP contribution in [0.15, 0.2) is 0 Å². The molecule has 0 atom stereocenters. The van der Waals surface area contributed by atoms with Crippen LogP contribution in [0.5, 0.6) is 0 Å². The molecule has 0 aromatic carbocycles. The fourth-order valence-corrected chi connectivity index (χ4v) is 0. The zero-order valence-corrected chi connectivity index (χ0v) is 4.46. The molecule has 6 heavy (non-hydrogen) atoms. The molecule has 1 nitrogen and oxygen atoms in total. The molecule has 0 fully saturated rings. The Hall–Kier alpha value is 0.208. The first-order chi connectivity index (χ1) is 1.00. The first kappa shape index (κ1) is 115. The Morgan fingerprint density at radius 2 is 0.667 bits per heavy atom. The molecule has 0 aliphatic heterocycles. The van der Waals surface area contributed by atoms with E-state index in [9.17, 15) is 0 Å². The second kappa shape index (κ2) is 2130. The van der Waals surface area contributed by atoms with Gasteiger partial charge in [-0.25, -0.2) is 0 Å². The van der Waals surface area contributed by atoms with Crippen molar-refractivity contribution in [2.75, 3.05) is 0 Å². The molecule has 0 bridgehead atoms. The minimum atomic E-state index is 0. The van der Waals surface area contributed by atoms with Crippen LogP contribution < -0.4 is 0 Å². The Balaban J connectivity index is -0.000000000833. The van der Waals surface area contributed by atoms with Crippen LogP contribution in [-0.2, 0) is 23.2 Å². The molecular weight excluding hydrogens is 188 g/mol. The number of halogens is 4. The molecule has 0 radical (unpaired) electrons. The molecule has 0 saturated carbocycles. The zero-order chi connectivity index (χ0) is 2.00. The second-order valence-corrected chi connectivity index (χ2v) is 0. The van der Waals surface area contributed by atoms with Crippen molar-refractivity contribution in [3.05, 3.63) is 0 Å². The van der Waals surface area contributed by atoms with Crippen LogP contribution in [-0.4, -0.2) is 0 Å². The van der Waals surface area contributed by atoms with Crippen molar-refractivity contribution in [1.29, 1.82) is 0 Å². The average molecular weight is 192 g/mol. The molecule has 0 amide bonds. The van der Waals surface area contributed by atoms with Gasteiger partial charge in [-0.15, -0.1) is 0 Å². The van der Waals surface area contributed by atoms with E-state index in [-0.39, 0.29) is 18.8 Å². The maximum atomic E-state index is 8.26. The van der Waals surface area contributed by atoms with Crippen molar-refractivity contribution < 1.29 is 42.0 Å². The summed E-state index contributed by atoms with van der Waals surface area (Å²) >= 11 is 0.700. The van der Waals surface area contributed by atoms with Crippen LogP contribution in [0.25, 0.3) is 0 Å². The topological polar surface area (TPSA) is 17.1 Å². The van der Waals surface area contributed by atoms with Crippen molar-refractivity contribution >= 4 is 0 Å². The van der Waals surface area contributed by atoms with Gasteiger partial charge in [-0.1, -0.05) is 0 Å². The van der Waals surface area contributed by atoms with Crippen LogP contribution in [0, 0.1) is 0 Å². The van der Waals surface area contributed by atoms with Gasteiger partial charge in [-0.2, -0.15) is 0 Å². The second-order valence-electron chi connectivity index (χ2n) is 0. The monoisotopic (exact) mass is 194 g/mol. The van der Waals surface area contributed by atoms with E-state index in [1.54, 1.807) is 0 Å². The molecule has 0 saturated heterocycles. The van der Waals surface area contributed by atoms with E-state index in [1.165, 1.54) is 0 Å². The molecule has 0 aromatic rings. The van der Waals surface area contributed by atoms with E-state index < -0.39 is 0 Å². The summed E-state index contributed by atoms with van der Waals surface area (Å²) in [5, 5.41) is 0. The van der Waals surface area contributed by atoms with Gasteiger partial charge >= 0.3 is 23.2 Å². The molecule has 6 heteroatoms. The Morgan fingerprint density at radius 1 is 0.667 bits per heavy atom. The maximum absolute atomic E-state index is 8.26. The van der Waals surface area contributed by atoms with Gasteiger partial charge in [0.15, 0.2) is 0 Å². The van der Waals surface area contributed by atoms with E-state index in [2.05, 4.69) is 0 Å². The Labute approximate surface area is 42.8 Å². The van der Waals surface area contributed by atoms with Crippen molar-refractivity contribution in [1.82, 2.24) is 0 Å². The molecule has 0 aromatic heterocycles. The molecule has 0 N–H and O–H groups in total. The van der Waals surface area contributed by atoms with E-state index in [4.69, 9.17) is 3.40 Å². The predicted octanol–water partition coefficient (Wildman–Crippen LogP) is 0.489. The van der Waals surface area contributed by atoms with Gasteiger partial charge in [0.2, 0.25) is 0 Å². The van der Waals surface area contributed by atoms with Crippen LogP contribution in [0.3, 0.4) is 0 Å². The van der Waals surface area contributed by atoms with Gasteiger partial charge in [0.1, 0.15) is 0 Å². The molecule has 0 heterocycles. The normalized spacial score (nSPS) is 0.667. The summed E-state index contributed by atoms with van der Waals surface area (Å²) in [6.45, 7) is 0. The SMILES string of the molecule is F.F.F.F.[O]=[Mo]. The quantitative estimate of drug-likeness (QED) is 0.403. The van der Waals surface area contributed by atoms with E-state index >= 15 is 0 Å². The molecule has 0 unspecified atom stereocenters. The van der Waals surface area contributed by atoms with Crippen LogP contribution in [0.1, 0.15) is 0 Å². The van der Waals surface area contributed by atoms with Gasteiger partial charge in [0.05, 0.1) is 0 Å². The fraction of sp³-hybridized carbons (Fsp3) is 0. The zero-order valence-electron chi connectivity index (χ0n) is 2.45. The standard InChI is InChI=1S/4FH.Mo.O/h4*1H;;. The van der Waals surface area contributed by atoms with E-state index in [0.717, 1.165) is 0 Å². The summed E-state index contributed by atoms with van der Waals surface area (Å²) in [4.78, 5) is 0. The Bertz CT molecular complexity index is 7.51. The van der Waals surface area contributed by atoms with Crippen LogP contribution in [0.4, 0.5) is 18.8 Å². The number of hydrogen-bond donors (Lipinski definition) is 0. The summed E-state index contributed by atoms with van der Waals surface area (Å²) in [5.74, 6) is 0. The molecular formula is H4F4MoO. The van der Waals surface area contributed by atoms with Gasteiger partial charge in [0, 0.05) is 0 Å². The first-order valence-electron chi connectivity index (χ1n) is 0.167. The summed E-state index contributed by atoms with van der Waals surface area (Å²) < 4.78 is 8.26. The Kier molecular flexibility index (Phi) is 40900. The van der Waals surface area contributed by atoms with E-state index in [1.807, 2.05) is 0 Å². The summed E-state index contributed by atoms with van der Waals surface area (Å²) in [5.41, 5.74) is 0. The summed E-state index contributed by atoms with van der Waals surface area (Å²) in [6, 6.07) is 0. The third-order valence-corrected chi connectivity index (χ3v) is 0. The van der Waals surface area contributed by atoms with E-state index in [0.29, 0.717) is 19.8 Å². The molecule has 0 spiro atoms.